The van der Waals surface area contributed by atoms with E-state index in [2.05, 4.69) is 66.1 Å². The molecule has 4 nitrogen and oxygen atoms in total. The number of nitrogens with zero attached hydrogens (tertiary/aromatic N) is 2. The molecule has 4 aliphatic rings. The quantitative estimate of drug-likeness (QED) is 0.644. The van der Waals surface area contributed by atoms with Crippen LogP contribution in [0.3, 0.4) is 0 Å². The van der Waals surface area contributed by atoms with Gasteiger partial charge in [-0.2, -0.15) is 0 Å². The second kappa shape index (κ2) is 7.71. The summed E-state index contributed by atoms with van der Waals surface area (Å²) in [5.41, 5.74) is 3.03. The Hall–Kier alpha value is -2.10. The molecule has 1 aromatic heterocycles. The monoisotopic (exact) mass is 445 g/mol. The highest BCUT2D eigenvalue weighted by atomic mass is 16.1. The van der Waals surface area contributed by atoms with Crippen LogP contribution in [0, 0.1) is 41.4 Å². The maximum absolute atomic E-state index is 13.4. The van der Waals surface area contributed by atoms with E-state index in [0.717, 1.165) is 24.7 Å². The molecule has 1 N–H and O–H groups in total. The first-order valence-electron chi connectivity index (χ1n) is 13.3. The average molecular weight is 446 g/mol. The van der Waals surface area contributed by atoms with Crippen molar-refractivity contribution in [2.45, 2.75) is 84.7 Å². The fraction of sp³-hybridized carbons (Fsp3) is 0.655. The van der Waals surface area contributed by atoms with Gasteiger partial charge in [0.1, 0.15) is 5.82 Å². The third-order valence-electron chi connectivity index (χ3n) is 10.8. The summed E-state index contributed by atoms with van der Waals surface area (Å²) in [4.78, 5) is 18.1. The Morgan fingerprint density at radius 3 is 2.73 bits per heavy atom. The maximum Gasteiger partial charge on any atom is 0.223 e. The normalized spacial score (nSPS) is 39.2. The zero-order chi connectivity index (χ0) is 22.8. The van der Waals surface area contributed by atoms with Crippen molar-refractivity contribution in [3.63, 3.8) is 0 Å². The van der Waals surface area contributed by atoms with Crippen molar-refractivity contribution in [1.29, 1.82) is 0 Å². The van der Waals surface area contributed by atoms with E-state index in [1.54, 1.807) is 0 Å². The van der Waals surface area contributed by atoms with Crippen molar-refractivity contribution < 1.29 is 4.79 Å². The highest BCUT2D eigenvalue weighted by Gasteiger charge is 2.61. The van der Waals surface area contributed by atoms with Crippen molar-refractivity contribution in [3.05, 3.63) is 53.6 Å². The first-order valence-corrected chi connectivity index (χ1v) is 13.3. The molecule has 1 unspecified atom stereocenters. The van der Waals surface area contributed by atoms with E-state index in [9.17, 15) is 4.79 Å². The number of carbonyl (C=O) groups is 1. The van der Waals surface area contributed by atoms with Crippen molar-refractivity contribution in [2.75, 3.05) is 0 Å². The van der Waals surface area contributed by atoms with Gasteiger partial charge in [-0.25, -0.2) is 4.98 Å². The predicted octanol–water partition coefficient (Wildman–Crippen LogP) is 5.85. The predicted molar refractivity (Wildman–Crippen MR) is 130 cm³/mol. The smallest absolute Gasteiger partial charge is 0.223 e. The molecule has 0 bridgehead atoms. The molecule has 3 fully saturated rings. The minimum Gasteiger partial charge on any atom is -0.352 e. The van der Waals surface area contributed by atoms with Gasteiger partial charge in [-0.05, 0) is 91.6 Å². The molecule has 2 aromatic rings. The molecule has 1 aromatic carbocycles. The van der Waals surface area contributed by atoms with Crippen LogP contribution in [0.1, 0.15) is 81.8 Å². The molecule has 0 spiro atoms. The molecular weight excluding hydrogens is 406 g/mol. The van der Waals surface area contributed by atoms with Gasteiger partial charge in [0, 0.05) is 37.3 Å². The summed E-state index contributed by atoms with van der Waals surface area (Å²) >= 11 is 0. The molecular formula is C29H39N3O. The molecule has 176 valence electrons. The average Bonchev–Trinajstić information content (AvgIpc) is 3.42. The number of aromatic nitrogens is 2. The molecule has 7 atom stereocenters. The molecule has 6 rings (SSSR count). The maximum atomic E-state index is 13.4. The third kappa shape index (κ3) is 3.15. The lowest BCUT2D eigenvalue weighted by Gasteiger charge is -2.60. The van der Waals surface area contributed by atoms with Gasteiger partial charge in [0.05, 0.1) is 0 Å². The Balaban J connectivity index is 1.20. The summed E-state index contributed by atoms with van der Waals surface area (Å²) in [5.74, 6) is 4.03. The summed E-state index contributed by atoms with van der Waals surface area (Å²) < 4.78 is 2.52. The molecule has 1 amide bonds. The van der Waals surface area contributed by atoms with Crippen LogP contribution in [0.5, 0.6) is 0 Å². The zero-order valence-electron chi connectivity index (χ0n) is 20.5. The topological polar surface area (TPSA) is 46.9 Å². The largest absolute Gasteiger partial charge is 0.352 e. The number of rotatable bonds is 3. The van der Waals surface area contributed by atoms with Gasteiger partial charge in [-0.15, -0.1) is 0 Å². The second-order valence-corrected chi connectivity index (χ2v) is 12.0. The number of benzene rings is 1. The number of hydrogen-bond acceptors (Lipinski definition) is 2. The van der Waals surface area contributed by atoms with Crippen LogP contribution >= 0.6 is 0 Å². The van der Waals surface area contributed by atoms with Gasteiger partial charge in [0.15, 0.2) is 0 Å². The molecule has 33 heavy (non-hydrogen) atoms. The molecule has 0 radical (unpaired) electrons. The SMILES string of the molecule is Cc1ccccc1CNC(=O)[C@H]1CC[C@H]2[C@@H]3CCC4n5ccnc5CC[C@]4(C)[C@H]3CC[C@]12C. The van der Waals surface area contributed by atoms with E-state index in [0.29, 0.717) is 29.8 Å². The first kappa shape index (κ1) is 21.4. The van der Waals surface area contributed by atoms with Crippen LogP contribution in [0.4, 0.5) is 0 Å². The Bertz CT molecular complexity index is 1060. The number of fused-ring (bicyclic) bond motifs is 7. The van der Waals surface area contributed by atoms with E-state index < -0.39 is 0 Å². The van der Waals surface area contributed by atoms with Gasteiger partial charge < -0.3 is 9.88 Å². The van der Waals surface area contributed by atoms with Gasteiger partial charge in [0.25, 0.3) is 0 Å². The van der Waals surface area contributed by atoms with E-state index in [-0.39, 0.29) is 11.3 Å². The van der Waals surface area contributed by atoms with Gasteiger partial charge in [-0.1, -0.05) is 38.1 Å². The van der Waals surface area contributed by atoms with Crippen molar-refractivity contribution in [3.8, 4) is 0 Å². The highest BCUT2D eigenvalue weighted by molar-refractivity contribution is 5.80. The number of amides is 1. The fourth-order valence-corrected chi connectivity index (χ4v) is 8.99. The molecule has 1 aliphatic heterocycles. The highest BCUT2D eigenvalue weighted by Crippen LogP contribution is 2.67. The lowest BCUT2D eigenvalue weighted by atomic mass is 9.47. The summed E-state index contributed by atoms with van der Waals surface area (Å²) in [6, 6.07) is 9.01. The molecule has 3 saturated carbocycles. The van der Waals surface area contributed by atoms with Crippen LogP contribution in [0.15, 0.2) is 36.7 Å². The second-order valence-electron chi connectivity index (χ2n) is 12.0. The standard InChI is InChI=1S/C29H39N3O/c1-19-6-4-5-7-20(19)18-31-27(33)24-10-9-22-21-8-11-25-29(3,23(21)12-14-28(22,24)2)15-13-26-30-16-17-32(25)26/h4-7,16-17,21-25H,8-15,18H2,1-3H3,(H,31,33)/t21-,22-,23-,24+,25?,28-,29+/m0/s1. The van der Waals surface area contributed by atoms with Crippen LogP contribution < -0.4 is 5.32 Å². The summed E-state index contributed by atoms with van der Waals surface area (Å²) in [7, 11) is 0. The number of carbonyl (C=O) groups excluding carboxylic acids is 1. The van der Waals surface area contributed by atoms with E-state index in [1.165, 1.54) is 55.5 Å². The van der Waals surface area contributed by atoms with Gasteiger partial charge >= 0.3 is 0 Å². The lowest BCUT2D eigenvalue weighted by molar-refractivity contribution is -0.135. The van der Waals surface area contributed by atoms with E-state index >= 15 is 0 Å². The van der Waals surface area contributed by atoms with Crippen molar-refractivity contribution in [2.24, 2.45) is 34.5 Å². The molecule has 4 heteroatoms. The first-order chi connectivity index (χ1) is 15.9. The molecule has 3 aliphatic carbocycles. The Labute approximate surface area is 198 Å². The van der Waals surface area contributed by atoms with Crippen LogP contribution in [-0.4, -0.2) is 15.5 Å². The Kier molecular flexibility index (Phi) is 5.01. The third-order valence-corrected chi connectivity index (χ3v) is 10.8. The van der Waals surface area contributed by atoms with E-state index in [1.807, 2.05) is 6.20 Å². The minimum absolute atomic E-state index is 0.162. The molecule has 0 saturated heterocycles. The van der Waals surface area contributed by atoms with E-state index in [4.69, 9.17) is 0 Å². The zero-order valence-corrected chi connectivity index (χ0v) is 20.5. The van der Waals surface area contributed by atoms with Gasteiger partial charge in [0.2, 0.25) is 5.91 Å². The van der Waals surface area contributed by atoms with Crippen molar-refractivity contribution >= 4 is 5.91 Å². The number of imidazole rings is 1. The van der Waals surface area contributed by atoms with Gasteiger partial charge in [-0.3, -0.25) is 4.79 Å². The van der Waals surface area contributed by atoms with Crippen LogP contribution in [0.25, 0.3) is 0 Å². The van der Waals surface area contributed by atoms with Crippen LogP contribution in [0.2, 0.25) is 0 Å². The number of hydrogen-bond donors (Lipinski definition) is 1. The Morgan fingerprint density at radius 2 is 1.88 bits per heavy atom. The fourth-order valence-electron chi connectivity index (χ4n) is 8.99. The number of nitrogens with one attached hydrogen (secondary N) is 1. The lowest BCUT2D eigenvalue weighted by Crippen LogP contribution is -2.54. The molecule has 2 heterocycles. The summed E-state index contributed by atoms with van der Waals surface area (Å²) in [5, 5.41) is 3.32. The minimum atomic E-state index is 0.162. The van der Waals surface area contributed by atoms with Crippen molar-refractivity contribution in [1.82, 2.24) is 14.9 Å². The summed E-state index contributed by atoms with van der Waals surface area (Å²) in [6.45, 7) is 7.83. The summed E-state index contributed by atoms with van der Waals surface area (Å²) in [6.07, 6.45) is 14.0. The number of aryl methyl sites for hydroxylation is 2. The Morgan fingerprint density at radius 1 is 1.06 bits per heavy atom. The van der Waals surface area contributed by atoms with Crippen LogP contribution in [-0.2, 0) is 17.8 Å².